The second-order valence-electron chi connectivity index (χ2n) is 3.55. The zero-order valence-electron chi connectivity index (χ0n) is 8.09. The first-order valence-electron chi connectivity index (χ1n) is 4.70. The zero-order chi connectivity index (χ0) is 11.3. The monoisotopic (exact) mass is 234 g/mol. The maximum atomic E-state index is 11.1. The van der Waals surface area contributed by atoms with E-state index in [-0.39, 0.29) is 0 Å². The number of carbonyl (C=O) groups is 1. The summed E-state index contributed by atoms with van der Waals surface area (Å²) in [7, 11) is 0. The first kappa shape index (κ1) is 9.30. The molecular weight excluding hydrogens is 228 g/mol. The van der Waals surface area contributed by atoms with Crippen molar-refractivity contribution in [1.82, 2.24) is 8.88 Å². The minimum Gasteiger partial charge on any atom is -0.463 e. The van der Waals surface area contributed by atoms with Crippen LogP contribution < -0.4 is 0 Å². The maximum absolute atomic E-state index is 11.1. The van der Waals surface area contributed by atoms with Crippen molar-refractivity contribution in [1.29, 1.82) is 0 Å². The lowest BCUT2D eigenvalue weighted by molar-refractivity contribution is 0.192. The van der Waals surface area contributed by atoms with E-state index in [4.69, 9.17) is 16.9 Å². The first-order chi connectivity index (χ1) is 7.68. The molecule has 0 saturated carbocycles. The number of hydrogen-bond donors (Lipinski definition) is 1. The number of halogens is 1. The topological polar surface area (TPSA) is 47.2 Å². The Morgan fingerprint density at radius 3 is 2.81 bits per heavy atom. The van der Waals surface area contributed by atoms with Crippen LogP contribution in [0.4, 0.5) is 4.79 Å². The van der Waals surface area contributed by atoms with Crippen molar-refractivity contribution in [2.75, 3.05) is 0 Å². The molecule has 0 aromatic heterocycles. The van der Waals surface area contributed by atoms with Crippen molar-refractivity contribution in [2.45, 2.75) is 0 Å². The quantitative estimate of drug-likeness (QED) is 0.650. The third-order valence-corrected chi connectivity index (χ3v) is 2.88. The molecular formula is C11H7ClN2O2. The zero-order valence-corrected chi connectivity index (χ0v) is 8.85. The summed E-state index contributed by atoms with van der Waals surface area (Å²) >= 11 is 5.80. The van der Waals surface area contributed by atoms with Crippen LogP contribution in [0.15, 0.2) is 36.5 Å². The van der Waals surface area contributed by atoms with Gasteiger partial charge in [0.25, 0.3) is 0 Å². The molecule has 0 amide bonds. The van der Waals surface area contributed by atoms with Crippen LogP contribution in [-0.4, -0.2) is 20.1 Å². The van der Waals surface area contributed by atoms with E-state index in [0.717, 1.165) is 25.2 Å². The van der Waals surface area contributed by atoms with Crippen LogP contribution in [0.5, 0.6) is 0 Å². The highest BCUT2D eigenvalue weighted by Gasteiger charge is 2.21. The molecule has 2 aliphatic rings. The van der Waals surface area contributed by atoms with Crippen molar-refractivity contribution in [3.63, 3.8) is 0 Å². The number of fused-ring (bicyclic) bond motifs is 3. The standard InChI is InChI=1S/C11H7ClN2O2/c12-13-6-8-5-7-3-1-2-4-9(7)10(8)14(13)11(15)16/h1-6H,(H,15,16). The SMILES string of the molecule is O=C(O)n1c2c3ccccc3cc-2cn1Cl. The summed E-state index contributed by atoms with van der Waals surface area (Å²) in [5.41, 5.74) is 1.44. The molecule has 4 nitrogen and oxygen atoms in total. The highest BCUT2D eigenvalue weighted by atomic mass is 35.5. The fraction of sp³-hybridized carbons (Fsp3) is 0. The average Bonchev–Trinajstić information content (AvgIpc) is 2.71. The van der Waals surface area contributed by atoms with Gasteiger partial charge in [-0.05, 0) is 11.5 Å². The molecule has 5 heteroatoms. The van der Waals surface area contributed by atoms with Crippen molar-refractivity contribution in [3.05, 3.63) is 36.5 Å². The van der Waals surface area contributed by atoms with Crippen molar-refractivity contribution in [2.24, 2.45) is 0 Å². The summed E-state index contributed by atoms with van der Waals surface area (Å²) in [6, 6.07) is 9.54. The predicted molar refractivity (Wildman–Crippen MR) is 61.2 cm³/mol. The van der Waals surface area contributed by atoms with Crippen LogP contribution in [0.2, 0.25) is 0 Å². The van der Waals surface area contributed by atoms with Gasteiger partial charge in [0.2, 0.25) is 0 Å². The maximum Gasteiger partial charge on any atom is 0.432 e. The van der Waals surface area contributed by atoms with Gasteiger partial charge in [0.15, 0.2) is 0 Å². The molecule has 0 spiro atoms. The van der Waals surface area contributed by atoms with Gasteiger partial charge in [-0.3, -0.25) is 0 Å². The first-order valence-corrected chi connectivity index (χ1v) is 5.03. The van der Waals surface area contributed by atoms with E-state index in [9.17, 15) is 4.79 Å². The van der Waals surface area contributed by atoms with Crippen LogP contribution in [-0.2, 0) is 0 Å². The van der Waals surface area contributed by atoms with Crippen LogP contribution in [0.25, 0.3) is 22.0 Å². The van der Waals surface area contributed by atoms with Crippen LogP contribution in [0.3, 0.4) is 0 Å². The van der Waals surface area contributed by atoms with Gasteiger partial charge in [-0.25, -0.2) is 4.79 Å². The summed E-state index contributed by atoms with van der Waals surface area (Å²) in [4.78, 5) is 11.1. The lowest BCUT2D eigenvalue weighted by atomic mass is 10.2. The second-order valence-corrected chi connectivity index (χ2v) is 3.89. The number of rotatable bonds is 0. The van der Waals surface area contributed by atoms with E-state index < -0.39 is 6.09 Å². The Kier molecular flexibility index (Phi) is 1.76. The number of hydrogen-bond acceptors (Lipinski definition) is 1. The molecule has 1 aliphatic heterocycles. The molecule has 1 aromatic carbocycles. The molecule has 1 heterocycles. The van der Waals surface area contributed by atoms with Crippen molar-refractivity contribution in [3.8, 4) is 11.3 Å². The number of nitrogens with zero attached hydrogens (tertiary/aromatic N) is 2. The molecule has 80 valence electrons. The van der Waals surface area contributed by atoms with Gasteiger partial charge in [0.05, 0.1) is 11.9 Å². The van der Waals surface area contributed by atoms with Crippen LogP contribution in [0, 0.1) is 0 Å². The Morgan fingerprint density at radius 2 is 2.06 bits per heavy atom. The smallest absolute Gasteiger partial charge is 0.432 e. The lowest BCUT2D eigenvalue weighted by Crippen LogP contribution is -2.14. The Bertz CT molecular complexity index is 668. The second kappa shape index (κ2) is 3.02. The summed E-state index contributed by atoms with van der Waals surface area (Å²) in [5, 5.41) is 11.0. The Hall–Kier alpha value is -1.94. The van der Waals surface area contributed by atoms with E-state index in [1.54, 1.807) is 6.20 Å². The van der Waals surface area contributed by atoms with Gasteiger partial charge in [-0.2, -0.15) is 8.88 Å². The molecule has 0 fully saturated rings. The highest BCUT2D eigenvalue weighted by Crippen LogP contribution is 2.35. The average molecular weight is 235 g/mol. The van der Waals surface area contributed by atoms with E-state index >= 15 is 0 Å². The molecule has 0 atom stereocenters. The molecule has 1 N–H and O–H groups in total. The van der Waals surface area contributed by atoms with Crippen molar-refractivity contribution < 1.29 is 9.90 Å². The third-order valence-electron chi connectivity index (χ3n) is 2.63. The minimum absolute atomic E-state index is 0.623. The van der Waals surface area contributed by atoms with E-state index in [2.05, 4.69) is 0 Å². The van der Waals surface area contributed by atoms with Gasteiger partial charge in [-0.1, -0.05) is 24.3 Å². The Balaban J connectivity index is 2.50. The summed E-state index contributed by atoms with van der Waals surface area (Å²) in [6.45, 7) is 0. The molecule has 3 rings (SSSR count). The molecule has 0 bridgehead atoms. The van der Waals surface area contributed by atoms with Gasteiger partial charge in [0, 0.05) is 22.7 Å². The largest absolute Gasteiger partial charge is 0.463 e. The van der Waals surface area contributed by atoms with Gasteiger partial charge in [-0.15, -0.1) is 0 Å². The van der Waals surface area contributed by atoms with Crippen LogP contribution in [0.1, 0.15) is 0 Å². The summed E-state index contributed by atoms with van der Waals surface area (Å²) in [5.74, 6) is 0. The third kappa shape index (κ3) is 1.07. The molecule has 1 aliphatic carbocycles. The molecule has 1 aromatic rings. The van der Waals surface area contributed by atoms with Gasteiger partial charge >= 0.3 is 6.09 Å². The Morgan fingerprint density at radius 1 is 1.31 bits per heavy atom. The normalized spacial score (nSPS) is 11.3. The van der Waals surface area contributed by atoms with E-state index in [1.165, 1.54) is 0 Å². The van der Waals surface area contributed by atoms with Crippen molar-refractivity contribution >= 4 is 28.6 Å². The number of aromatic nitrogens is 2. The number of benzene rings is 1. The minimum atomic E-state index is -1.10. The van der Waals surface area contributed by atoms with E-state index in [1.807, 2.05) is 30.3 Å². The highest BCUT2D eigenvalue weighted by molar-refractivity contribution is 6.17. The fourth-order valence-electron chi connectivity index (χ4n) is 2.01. The van der Waals surface area contributed by atoms with Crippen LogP contribution >= 0.6 is 11.8 Å². The summed E-state index contributed by atoms with van der Waals surface area (Å²) < 4.78 is 2.08. The predicted octanol–water partition coefficient (Wildman–Crippen LogP) is 3.08. The van der Waals surface area contributed by atoms with E-state index in [0.29, 0.717) is 5.69 Å². The van der Waals surface area contributed by atoms with Gasteiger partial charge < -0.3 is 5.11 Å². The lowest BCUT2D eigenvalue weighted by Gasteiger charge is -2.01. The molecule has 0 saturated heterocycles. The molecule has 16 heavy (non-hydrogen) atoms. The van der Waals surface area contributed by atoms with Gasteiger partial charge in [0.1, 0.15) is 0 Å². The number of carboxylic acid groups (broad SMARTS) is 1. The summed E-state index contributed by atoms with van der Waals surface area (Å²) in [6.07, 6.45) is 0.492. The molecule has 0 radical (unpaired) electrons. The Labute approximate surface area is 95.7 Å². The molecule has 0 unspecified atom stereocenters. The fourth-order valence-corrected chi connectivity index (χ4v) is 2.26.